The molecule has 1 aromatic carbocycles. The monoisotopic (exact) mass is 401 g/mol. The van der Waals surface area contributed by atoms with E-state index in [4.69, 9.17) is 5.84 Å². The first-order chi connectivity index (χ1) is 13.2. The smallest absolute Gasteiger partial charge is 0.233 e. The van der Waals surface area contributed by atoms with E-state index in [-0.39, 0.29) is 11.3 Å². The molecule has 6 nitrogen and oxygen atoms in total. The zero-order valence-electron chi connectivity index (χ0n) is 17.5. The summed E-state index contributed by atoms with van der Waals surface area (Å²) < 4.78 is 1.48. The predicted octanol–water partition coefficient (Wildman–Crippen LogP) is 3.84. The number of carbonyl (C=O) groups excluding carboxylic acids is 1. The van der Waals surface area contributed by atoms with Crippen molar-refractivity contribution in [3.8, 4) is 11.4 Å². The number of thioether (sulfide) groups is 1. The molecule has 2 heterocycles. The molecule has 152 valence electrons. The third-order valence-corrected chi connectivity index (χ3v) is 6.41. The number of nitrogens with zero attached hydrogens (tertiary/aromatic N) is 4. The van der Waals surface area contributed by atoms with Crippen LogP contribution in [0.2, 0.25) is 0 Å². The van der Waals surface area contributed by atoms with Gasteiger partial charge in [-0.3, -0.25) is 4.79 Å². The molecular formula is C21H31N5OS. The number of carbonyl (C=O) groups is 1. The SMILES string of the molecule is C[C@@H]1CCC[C@@H](C)N1C(=O)CSc1nnc(-c2ccc(C(C)(C)C)cc2)n1N. The van der Waals surface area contributed by atoms with Crippen LogP contribution in [0.4, 0.5) is 0 Å². The molecule has 2 aromatic rings. The Morgan fingerprint density at radius 2 is 1.75 bits per heavy atom. The zero-order chi connectivity index (χ0) is 20.5. The first-order valence-electron chi connectivity index (χ1n) is 9.94. The van der Waals surface area contributed by atoms with Gasteiger partial charge in [-0.1, -0.05) is 56.8 Å². The highest BCUT2D eigenvalue weighted by Crippen LogP contribution is 2.28. The summed E-state index contributed by atoms with van der Waals surface area (Å²) >= 11 is 1.35. The lowest BCUT2D eigenvalue weighted by molar-refractivity contribution is -0.134. The van der Waals surface area contributed by atoms with Crippen LogP contribution < -0.4 is 5.84 Å². The number of likely N-dealkylation sites (tertiary alicyclic amines) is 1. The van der Waals surface area contributed by atoms with E-state index in [1.54, 1.807) is 0 Å². The van der Waals surface area contributed by atoms with Gasteiger partial charge in [0.15, 0.2) is 5.82 Å². The number of nitrogens with two attached hydrogens (primary N) is 1. The van der Waals surface area contributed by atoms with E-state index < -0.39 is 0 Å². The second kappa shape index (κ2) is 8.15. The number of rotatable bonds is 4. The molecule has 2 N–H and O–H groups in total. The Bertz CT molecular complexity index is 814. The minimum atomic E-state index is 0.0962. The van der Waals surface area contributed by atoms with Crippen LogP contribution in [0.5, 0.6) is 0 Å². The molecule has 0 aliphatic carbocycles. The maximum Gasteiger partial charge on any atom is 0.233 e. The van der Waals surface area contributed by atoms with Gasteiger partial charge in [-0.05, 0) is 44.1 Å². The topological polar surface area (TPSA) is 77.0 Å². The van der Waals surface area contributed by atoms with Crippen molar-refractivity contribution < 1.29 is 4.79 Å². The van der Waals surface area contributed by atoms with E-state index >= 15 is 0 Å². The number of piperidine rings is 1. The van der Waals surface area contributed by atoms with Gasteiger partial charge in [0.25, 0.3) is 0 Å². The average Bonchev–Trinajstić information content (AvgIpc) is 3.00. The van der Waals surface area contributed by atoms with Gasteiger partial charge in [-0.15, -0.1) is 10.2 Å². The Hall–Kier alpha value is -2.02. The summed E-state index contributed by atoms with van der Waals surface area (Å²) in [4.78, 5) is 14.7. The van der Waals surface area contributed by atoms with Crippen molar-refractivity contribution in [1.29, 1.82) is 0 Å². The summed E-state index contributed by atoms with van der Waals surface area (Å²) in [5.74, 6) is 7.30. The van der Waals surface area contributed by atoms with Gasteiger partial charge in [0, 0.05) is 17.6 Å². The van der Waals surface area contributed by atoms with Gasteiger partial charge >= 0.3 is 0 Å². The van der Waals surface area contributed by atoms with Crippen LogP contribution in [0.1, 0.15) is 59.4 Å². The van der Waals surface area contributed by atoms with Gasteiger partial charge in [0.1, 0.15) is 0 Å². The molecule has 7 heteroatoms. The number of amides is 1. The summed E-state index contributed by atoms with van der Waals surface area (Å²) in [6, 6.07) is 8.82. The lowest BCUT2D eigenvalue weighted by Gasteiger charge is -2.39. The van der Waals surface area contributed by atoms with Gasteiger partial charge in [-0.25, -0.2) is 4.68 Å². The predicted molar refractivity (Wildman–Crippen MR) is 115 cm³/mol. The summed E-state index contributed by atoms with van der Waals surface area (Å²) in [5.41, 5.74) is 2.27. The molecule has 0 spiro atoms. The van der Waals surface area contributed by atoms with Gasteiger partial charge in [-0.2, -0.15) is 0 Å². The van der Waals surface area contributed by atoms with Crippen molar-refractivity contribution in [2.75, 3.05) is 11.6 Å². The Labute approximate surface area is 171 Å². The summed E-state index contributed by atoms with van der Waals surface area (Å²) in [5, 5.41) is 9.00. The van der Waals surface area contributed by atoms with E-state index in [1.165, 1.54) is 28.4 Å². The van der Waals surface area contributed by atoms with Crippen molar-refractivity contribution >= 4 is 17.7 Å². The Balaban J connectivity index is 1.69. The van der Waals surface area contributed by atoms with E-state index in [2.05, 4.69) is 56.9 Å². The molecule has 1 saturated heterocycles. The van der Waals surface area contributed by atoms with Gasteiger partial charge in [0.2, 0.25) is 11.1 Å². The van der Waals surface area contributed by atoms with Gasteiger partial charge in [0.05, 0.1) is 5.75 Å². The first-order valence-corrected chi connectivity index (χ1v) is 10.9. The number of benzene rings is 1. The van der Waals surface area contributed by atoms with E-state index in [0.717, 1.165) is 18.4 Å². The number of aromatic nitrogens is 3. The number of nitrogen functional groups attached to an aromatic ring is 1. The molecule has 1 aliphatic rings. The fraction of sp³-hybridized carbons (Fsp3) is 0.571. The molecule has 1 amide bonds. The van der Waals surface area contributed by atoms with Crippen LogP contribution in [0.25, 0.3) is 11.4 Å². The van der Waals surface area contributed by atoms with Crippen molar-refractivity contribution in [3.63, 3.8) is 0 Å². The second-order valence-electron chi connectivity index (χ2n) is 8.72. The van der Waals surface area contributed by atoms with Gasteiger partial charge < -0.3 is 10.7 Å². The van der Waals surface area contributed by atoms with Crippen LogP contribution >= 0.6 is 11.8 Å². The fourth-order valence-corrected chi connectivity index (χ4v) is 4.53. The van der Waals surface area contributed by atoms with E-state index in [0.29, 0.717) is 28.8 Å². The normalized spacial score (nSPS) is 20.4. The Morgan fingerprint density at radius 3 is 2.32 bits per heavy atom. The summed E-state index contributed by atoms with van der Waals surface area (Å²) in [6.07, 6.45) is 3.33. The average molecular weight is 402 g/mol. The molecule has 1 aliphatic heterocycles. The maximum atomic E-state index is 12.7. The van der Waals surface area contributed by atoms with Crippen molar-refractivity contribution in [1.82, 2.24) is 19.8 Å². The minimum Gasteiger partial charge on any atom is -0.337 e. The molecular weight excluding hydrogens is 370 g/mol. The molecule has 0 radical (unpaired) electrons. The molecule has 28 heavy (non-hydrogen) atoms. The fourth-order valence-electron chi connectivity index (χ4n) is 3.81. The first kappa shape index (κ1) is 20.7. The van der Waals surface area contributed by atoms with Crippen molar-refractivity contribution in [2.24, 2.45) is 0 Å². The van der Waals surface area contributed by atoms with Crippen molar-refractivity contribution in [2.45, 2.75) is 76.5 Å². The van der Waals surface area contributed by atoms with Crippen LogP contribution in [0.3, 0.4) is 0 Å². The van der Waals surface area contributed by atoms with Crippen LogP contribution in [0, 0.1) is 0 Å². The maximum absolute atomic E-state index is 12.7. The quantitative estimate of drug-likeness (QED) is 0.622. The second-order valence-corrected chi connectivity index (χ2v) is 9.66. The molecule has 0 bridgehead atoms. The third kappa shape index (κ3) is 4.35. The van der Waals surface area contributed by atoms with E-state index in [9.17, 15) is 4.79 Å². The zero-order valence-corrected chi connectivity index (χ0v) is 18.3. The highest BCUT2D eigenvalue weighted by Gasteiger charge is 2.29. The highest BCUT2D eigenvalue weighted by atomic mass is 32.2. The third-order valence-electron chi connectivity index (χ3n) is 5.48. The molecule has 3 rings (SSSR count). The largest absolute Gasteiger partial charge is 0.337 e. The Kier molecular flexibility index (Phi) is 6.03. The standard InChI is InChI=1S/C21H31N5OS/c1-14-7-6-8-15(2)25(14)18(27)13-28-20-24-23-19(26(20)22)16-9-11-17(12-10-16)21(3,4)5/h9-12,14-15H,6-8,13,22H2,1-5H3/t14-,15-/m1/s1. The molecule has 1 aromatic heterocycles. The molecule has 2 atom stereocenters. The summed E-state index contributed by atoms with van der Waals surface area (Å²) in [7, 11) is 0. The molecule has 0 unspecified atom stereocenters. The van der Waals surface area contributed by atoms with Crippen molar-refractivity contribution in [3.05, 3.63) is 29.8 Å². The lowest BCUT2D eigenvalue weighted by atomic mass is 9.87. The van der Waals surface area contributed by atoms with E-state index in [1.807, 2.05) is 17.0 Å². The van der Waals surface area contributed by atoms with Crippen LogP contribution in [-0.2, 0) is 10.2 Å². The molecule has 0 saturated carbocycles. The summed E-state index contributed by atoms with van der Waals surface area (Å²) in [6.45, 7) is 10.8. The van der Waals surface area contributed by atoms with Crippen LogP contribution in [0.15, 0.2) is 29.4 Å². The number of hydrogen-bond donors (Lipinski definition) is 1. The van der Waals surface area contributed by atoms with Crippen LogP contribution in [-0.4, -0.2) is 43.5 Å². The number of hydrogen-bond acceptors (Lipinski definition) is 5. The lowest BCUT2D eigenvalue weighted by Crippen LogP contribution is -2.48. The highest BCUT2D eigenvalue weighted by molar-refractivity contribution is 7.99. The molecule has 1 fully saturated rings. The Morgan fingerprint density at radius 1 is 1.14 bits per heavy atom. The minimum absolute atomic E-state index is 0.0962.